The summed E-state index contributed by atoms with van der Waals surface area (Å²) < 4.78 is 4.74. The van der Waals surface area contributed by atoms with E-state index in [0.29, 0.717) is 45.7 Å². The molecule has 0 aromatic heterocycles. The Morgan fingerprint density at radius 2 is 1.89 bits per heavy atom. The molecule has 3 unspecified atom stereocenters. The number of carbonyl (C=O) groups is 3. The first-order chi connectivity index (χ1) is 18.0. The maximum Gasteiger partial charge on any atom is 0.244 e. The van der Waals surface area contributed by atoms with Gasteiger partial charge < -0.3 is 25.4 Å². The first-order valence-electron chi connectivity index (χ1n) is 13.1. The monoisotopic (exact) mass is 594 g/mol. The van der Waals surface area contributed by atoms with E-state index in [4.69, 9.17) is 4.74 Å². The van der Waals surface area contributed by atoms with Crippen LogP contribution in [0.15, 0.2) is 30.3 Å². The third kappa shape index (κ3) is 5.17. The molecule has 0 aliphatic carbocycles. The number of aliphatic hydroxyl groups excluding tert-OH is 1. The molecule has 1 aromatic rings. The number of halogens is 1. The first kappa shape index (κ1) is 26.9. The lowest BCUT2D eigenvalue weighted by Gasteiger charge is -2.35. The van der Waals surface area contributed by atoms with Crippen LogP contribution in [0.5, 0.6) is 0 Å². The number of rotatable bonds is 10. The summed E-state index contributed by atoms with van der Waals surface area (Å²) in [6.07, 6.45) is 1.04. The Labute approximate surface area is 230 Å². The average Bonchev–Trinajstić information content (AvgIpc) is 3.50. The fourth-order valence-corrected chi connectivity index (χ4v) is 9.99. The molecule has 9 nitrogen and oxygen atoms in total. The van der Waals surface area contributed by atoms with Crippen molar-refractivity contribution in [2.45, 2.75) is 40.3 Å². The van der Waals surface area contributed by atoms with Gasteiger partial charge in [0.05, 0.1) is 29.8 Å². The molecule has 11 heteroatoms. The molecule has 2 bridgehead atoms. The molecule has 4 heterocycles. The minimum Gasteiger partial charge on any atom is -0.396 e. The molecule has 0 radical (unpaired) electrons. The topological polar surface area (TPSA) is 111 Å². The molecule has 6 atom stereocenters. The zero-order valence-corrected chi connectivity index (χ0v) is 23.2. The number of carbonyl (C=O) groups excluding carboxylic acids is 3. The van der Waals surface area contributed by atoms with Gasteiger partial charge in [-0.15, -0.1) is 11.8 Å². The molecule has 0 saturated carbocycles. The maximum absolute atomic E-state index is 13.8. The zero-order valence-electron chi connectivity index (χ0n) is 20.8. The van der Waals surface area contributed by atoms with Crippen molar-refractivity contribution in [3.8, 4) is 0 Å². The highest BCUT2D eigenvalue weighted by Gasteiger charge is 2.75. The first-order valence-corrected chi connectivity index (χ1v) is 14.9. The van der Waals surface area contributed by atoms with E-state index in [1.54, 1.807) is 16.7 Å². The number of hydrogen-bond donors (Lipinski definition) is 3. The SMILES string of the molecule is O=C(NCCN1CCOCC1)C1N(CCCO)C(=O)[C@@H]2[C@@H](C(=O)NCc3ccccc3)[C@@H]3SC12CC3Br. The number of likely N-dealkylation sites (tertiary alicyclic amines) is 1. The number of benzene rings is 1. The zero-order chi connectivity index (χ0) is 26.0. The van der Waals surface area contributed by atoms with Gasteiger partial charge in [-0.05, 0) is 18.4 Å². The standard InChI is InChI=1S/C26H35BrN4O5S/c27-18-15-26-20(19(21(18)37-26)23(33)29-16-17-5-2-1-3-6-17)25(35)31(8-4-12-32)22(26)24(34)28-7-9-30-10-13-36-14-11-30/h1-3,5-6,18-22,32H,4,7-16H2,(H,28,34)(H,29,33)/t18?,19-,20+,21-,22?,26?/m1/s1. The van der Waals surface area contributed by atoms with Crippen LogP contribution in [0.3, 0.4) is 0 Å². The second-order valence-corrected chi connectivity index (χ2v) is 12.9. The fraction of sp³-hybridized carbons (Fsp3) is 0.654. The second kappa shape index (κ2) is 11.6. The Kier molecular flexibility index (Phi) is 8.45. The Hall–Kier alpha value is -1.66. The van der Waals surface area contributed by atoms with Crippen molar-refractivity contribution in [2.24, 2.45) is 11.8 Å². The van der Waals surface area contributed by atoms with Crippen molar-refractivity contribution in [3.63, 3.8) is 0 Å². The Balaban J connectivity index is 1.33. The van der Waals surface area contributed by atoms with E-state index >= 15 is 0 Å². The molecule has 202 valence electrons. The summed E-state index contributed by atoms with van der Waals surface area (Å²) in [6, 6.07) is 9.04. The van der Waals surface area contributed by atoms with Crippen LogP contribution in [0.4, 0.5) is 0 Å². The lowest BCUT2D eigenvalue weighted by atomic mass is 9.70. The number of hydrogen-bond acceptors (Lipinski definition) is 7. The van der Waals surface area contributed by atoms with E-state index in [-0.39, 0.29) is 34.4 Å². The van der Waals surface area contributed by atoms with Gasteiger partial charge in [-0.1, -0.05) is 46.3 Å². The van der Waals surface area contributed by atoms with Gasteiger partial charge in [0.25, 0.3) is 0 Å². The van der Waals surface area contributed by atoms with Gasteiger partial charge in [0.2, 0.25) is 17.7 Å². The van der Waals surface area contributed by atoms with Gasteiger partial charge in [0.15, 0.2) is 0 Å². The molecule has 4 fully saturated rings. The van der Waals surface area contributed by atoms with Gasteiger partial charge in [-0.2, -0.15) is 0 Å². The Bertz CT molecular complexity index is 996. The van der Waals surface area contributed by atoms with E-state index in [1.165, 1.54) is 0 Å². The number of amides is 3. The molecule has 37 heavy (non-hydrogen) atoms. The molecule has 1 spiro atoms. The second-order valence-electron chi connectivity index (χ2n) is 10.2. The number of ether oxygens (including phenoxy) is 1. The summed E-state index contributed by atoms with van der Waals surface area (Å²) >= 11 is 5.42. The minimum atomic E-state index is -0.664. The van der Waals surface area contributed by atoms with E-state index in [9.17, 15) is 19.5 Å². The van der Waals surface area contributed by atoms with Crippen LogP contribution in [0, 0.1) is 11.8 Å². The van der Waals surface area contributed by atoms with E-state index < -0.39 is 22.6 Å². The summed E-state index contributed by atoms with van der Waals surface area (Å²) in [6.45, 7) is 4.93. The fourth-order valence-electron chi connectivity index (χ4n) is 6.37. The van der Waals surface area contributed by atoms with Crippen molar-refractivity contribution < 1.29 is 24.2 Å². The third-order valence-electron chi connectivity index (χ3n) is 8.04. The number of alkyl halides is 1. The number of fused-ring (bicyclic) bond motifs is 1. The summed E-state index contributed by atoms with van der Waals surface area (Å²) in [4.78, 5) is 45.0. The summed E-state index contributed by atoms with van der Waals surface area (Å²) in [5.74, 6) is -1.51. The molecule has 4 aliphatic rings. The summed E-state index contributed by atoms with van der Waals surface area (Å²) in [5.41, 5.74) is 0.997. The molecule has 4 saturated heterocycles. The van der Waals surface area contributed by atoms with Gasteiger partial charge in [0.1, 0.15) is 6.04 Å². The van der Waals surface area contributed by atoms with Crippen LogP contribution in [0.1, 0.15) is 18.4 Å². The number of nitrogens with one attached hydrogen (secondary N) is 2. The third-order valence-corrected chi connectivity index (χ3v) is 11.3. The van der Waals surface area contributed by atoms with Crippen LogP contribution >= 0.6 is 27.7 Å². The van der Waals surface area contributed by atoms with Crippen LogP contribution in [0.2, 0.25) is 0 Å². The lowest BCUT2D eigenvalue weighted by molar-refractivity contribution is -0.140. The summed E-state index contributed by atoms with van der Waals surface area (Å²) in [5, 5.41) is 15.5. The predicted octanol–water partition coefficient (Wildman–Crippen LogP) is 0.598. The summed E-state index contributed by atoms with van der Waals surface area (Å²) in [7, 11) is 0. The molecular formula is C26H35BrN4O5S. The van der Waals surface area contributed by atoms with Gasteiger partial charge in [-0.3, -0.25) is 19.3 Å². The molecule has 4 aliphatic heterocycles. The van der Waals surface area contributed by atoms with Gasteiger partial charge in [-0.25, -0.2) is 0 Å². The van der Waals surface area contributed by atoms with E-state index in [1.807, 2.05) is 30.3 Å². The Morgan fingerprint density at radius 3 is 2.62 bits per heavy atom. The number of thioether (sulfide) groups is 1. The molecule has 3 N–H and O–H groups in total. The average molecular weight is 596 g/mol. The van der Waals surface area contributed by atoms with Gasteiger partial charge >= 0.3 is 0 Å². The highest BCUT2D eigenvalue weighted by molar-refractivity contribution is 9.09. The van der Waals surface area contributed by atoms with Crippen molar-refractivity contribution in [1.29, 1.82) is 0 Å². The Morgan fingerprint density at radius 1 is 1.14 bits per heavy atom. The minimum absolute atomic E-state index is 0.0375. The smallest absolute Gasteiger partial charge is 0.244 e. The largest absolute Gasteiger partial charge is 0.396 e. The predicted molar refractivity (Wildman–Crippen MR) is 144 cm³/mol. The molecular weight excluding hydrogens is 560 g/mol. The molecule has 1 aromatic carbocycles. The quantitative estimate of drug-likeness (QED) is 0.340. The molecule has 5 rings (SSSR count). The maximum atomic E-state index is 13.8. The van der Waals surface area contributed by atoms with E-state index in [2.05, 4.69) is 31.5 Å². The van der Waals surface area contributed by atoms with Gasteiger partial charge in [0, 0.05) is 56.0 Å². The van der Waals surface area contributed by atoms with Crippen molar-refractivity contribution in [3.05, 3.63) is 35.9 Å². The van der Waals surface area contributed by atoms with Crippen LogP contribution in [-0.4, -0.2) is 106 Å². The highest BCUT2D eigenvalue weighted by atomic mass is 79.9. The lowest BCUT2D eigenvalue weighted by Crippen LogP contribution is -2.55. The van der Waals surface area contributed by atoms with Crippen LogP contribution < -0.4 is 10.6 Å². The highest BCUT2D eigenvalue weighted by Crippen LogP contribution is 2.67. The van der Waals surface area contributed by atoms with Crippen molar-refractivity contribution in [2.75, 3.05) is 52.5 Å². The van der Waals surface area contributed by atoms with Crippen molar-refractivity contribution >= 4 is 45.4 Å². The van der Waals surface area contributed by atoms with Crippen LogP contribution in [0.25, 0.3) is 0 Å². The normalized spacial score (nSPS) is 33.0. The van der Waals surface area contributed by atoms with Crippen LogP contribution in [-0.2, 0) is 25.7 Å². The van der Waals surface area contributed by atoms with Crippen molar-refractivity contribution in [1.82, 2.24) is 20.4 Å². The number of aliphatic hydroxyl groups is 1. The number of morpholine rings is 1. The molecule has 3 amide bonds. The van der Waals surface area contributed by atoms with E-state index in [0.717, 1.165) is 25.2 Å². The number of nitrogens with zero attached hydrogens (tertiary/aromatic N) is 2.